The predicted octanol–water partition coefficient (Wildman–Crippen LogP) is 2.40. The Morgan fingerprint density at radius 1 is 1.11 bits per heavy atom. The second kappa shape index (κ2) is 6.83. The molecule has 0 aromatic rings. The molecule has 19 heavy (non-hydrogen) atoms. The van der Waals surface area contributed by atoms with Crippen LogP contribution in [0.4, 0.5) is 0 Å². The highest BCUT2D eigenvalue weighted by Crippen LogP contribution is 2.38. The molecule has 1 aliphatic rings. The minimum absolute atomic E-state index is 0.00505. The summed E-state index contributed by atoms with van der Waals surface area (Å²) in [7, 11) is 1.30. The first-order valence-electron chi connectivity index (χ1n) is 7.14. The van der Waals surface area contributed by atoms with Gasteiger partial charge in [-0.2, -0.15) is 0 Å². The highest BCUT2D eigenvalue weighted by atomic mass is 16.5. The molecule has 0 saturated heterocycles. The maximum atomic E-state index is 12.4. The van der Waals surface area contributed by atoms with Crippen molar-refractivity contribution in [2.75, 3.05) is 7.11 Å². The molecule has 1 aliphatic carbocycles. The zero-order valence-corrected chi connectivity index (χ0v) is 12.3. The van der Waals surface area contributed by atoms with E-state index in [1.54, 1.807) is 0 Å². The molecule has 0 N–H and O–H groups in total. The Bertz CT molecular complexity index is 361. The molecule has 1 fully saturated rings. The lowest BCUT2D eigenvalue weighted by Crippen LogP contribution is -2.49. The zero-order chi connectivity index (χ0) is 14.6. The molecule has 4 nitrogen and oxygen atoms in total. The van der Waals surface area contributed by atoms with E-state index >= 15 is 0 Å². The fraction of sp³-hybridized carbons (Fsp3) is 0.800. The minimum atomic E-state index is -0.755. The molecule has 0 aromatic carbocycles. The van der Waals surface area contributed by atoms with Crippen molar-refractivity contribution >= 4 is 17.5 Å². The van der Waals surface area contributed by atoms with Crippen LogP contribution in [0.2, 0.25) is 0 Å². The van der Waals surface area contributed by atoms with E-state index in [4.69, 9.17) is 4.74 Å². The van der Waals surface area contributed by atoms with Gasteiger partial charge in [0.05, 0.1) is 13.0 Å². The molecule has 4 atom stereocenters. The smallest absolute Gasteiger partial charge is 0.316 e. The van der Waals surface area contributed by atoms with E-state index in [2.05, 4.69) is 0 Å². The van der Waals surface area contributed by atoms with Gasteiger partial charge in [-0.1, -0.05) is 33.6 Å². The lowest BCUT2D eigenvalue weighted by Gasteiger charge is -2.36. The van der Waals surface area contributed by atoms with Gasteiger partial charge < -0.3 is 4.74 Å². The highest BCUT2D eigenvalue weighted by Gasteiger charge is 2.50. The van der Waals surface area contributed by atoms with Crippen LogP contribution in [0.25, 0.3) is 0 Å². The first kappa shape index (κ1) is 15.9. The van der Waals surface area contributed by atoms with E-state index in [1.807, 2.05) is 20.8 Å². The molecule has 0 heterocycles. The molecule has 4 unspecified atom stereocenters. The fourth-order valence-corrected chi connectivity index (χ4v) is 3.13. The van der Waals surface area contributed by atoms with E-state index in [1.165, 1.54) is 7.11 Å². The van der Waals surface area contributed by atoms with E-state index < -0.39 is 17.8 Å². The van der Waals surface area contributed by atoms with Crippen molar-refractivity contribution in [2.24, 2.45) is 23.7 Å². The number of Topliss-reactive ketones (excluding diaryl/α,β-unsaturated/α-hetero) is 2. The third-order valence-electron chi connectivity index (χ3n) is 4.17. The van der Waals surface area contributed by atoms with Crippen molar-refractivity contribution in [3.05, 3.63) is 0 Å². The van der Waals surface area contributed by atoms with Gasteiger partial charge in [-0.05, 0) is 18.8 Å². The largest absolute Gasteiger partial charge is 0.468 e. The first-order chi connectivity index (χ1) is 8.99. The Balaban J connectivity index is 3.09. The standard InChI is InChI=1S/C15H24O4/c1-5-7-10-9(3)13(16)11(8-6-2)14(17)12(10)15(18)19-4/h9-12H,5-8H2,1-4H3. The van der Waals surface area contributed by atoms with Crippen LogP contribution in [0.3, 0.4) is 0 Å². The second-order valence-electron chi connectivity index (χ2n) is 5.39. The Labute approximate surface area is 114 Å². The molecule has 0 aliphatic heterocycles. The predicted molar refractivity (Wildman–Crippen MR) is 71.5 cm³/mol. The van der Waals surface area contributed by atoms with E-state index in [0.29, 0.717) is 12.8 Å². The number of ketones is 2. The summed E-state index contributed by atoms with van der Waals surface area (Å²) < 4.78 is 4.78. The van der Waals surface area contributed by atoms with Crippen molar-refractivity contribution in [3.8, 4) is 0 Å². The molecule has 0 aromatic heterocycles. The van der Waals surface area contributed by atoms with Crippen molar-refractivity contribution in [2.45, 2.75) is 46.5 Å². The van der Waals surface area contributed by atoms with Gasteiger partial charge in [0.15, 0.2) is 5.78 Å². The van der Waals surface area contributed by atoms with Crippen LogP contribution in [-0.2, 0) is 19.1 Å². The summed E-state index contributed by atoms with van der Waals surface area (Å²) in [6, 6.07) is 0. The maximum absolute atomic E-state index is 12.4. The Morgan fingerprint density at radius 2 is 1.68 bits per heavy atom. The summed E-state index contributed by atoms with van der Waals surface area (Å²) in [6.45, 7) is 5.78. The van der Waals surface area contributed by atoms with Gasteiger partial charge in [-0.15, -0.1) is 0 Å². The number of esters is 1. The fourth-order valence-electron chi connectivity index (χ4n) is 3.13. The minimum Gasteiger partial charge on any atom is -0.468 e. The van der Waals surface area contributed by atoms with Crippen LogP contribution >= 0.6 is 0 Å². The topological polar surface area (TPSA) is 60.4 Å². The summed E-state index contributed by atoms with van der Waals surface area (Å²) >= 11 is 0. The van der Waals surface area contributed by atoms with E-state index in [9.17, 15) is 14.4 Å². The molecule has 0 spiro atoms. The number of methoxy groups -OCH3 is 1. The molecule has 4 heteroatoms. The van der Waals surface area contributed by atoms with Gasteiger partial charge in [-0.25, -0.2) is 0 Å². The molecular weight excluding hydrogens is 244 g/mol. The lowest BCUT2D eigenvalue weighted by molar-refractivity contribution is -0.159. The average Bonchev–Trinajstić information content (AvgIpc) is 2.40. The third-order valence-corrected chi connectivity index (χ3v) is 4.17. The van der Waals surface area contributed by atoms with Crippen LogP contribution in [0, 0.1) is 23.7 Å². The third kappa shape index (κ3) is 3.04. The lowest BCUT2D eigenvalue weighted by atomic mass is 9.64. The summed E-state index contributed by atoms with van der Waals surface area (Å²) in [4.78, 5) is 36.6. The van der Waals surface area contributed by atoms with Crippen molar-refractivity contribution in [3.63, 3.8) is 0 Å². The summed E-state index contributed by atoms with van der Waals surface area (Å²) in [5.41, 5.74) is 0. The number of ether oxygens (including phenoxy) is 1. The Hall–Kier alpha value is -1.19. The quantitative estimate of drug-likeness (QED) is 0.567. The van der Waals surface area contributed by atoms with Gasteiger partial charge in [-0.3, -0.25) is 14.4 Å². The van der Waals surface area contributed by atoms with Gasteiger partial charge in [0, 0.05) is 5.92 Å². The molecule has 0 amide bonds. The molecule has 0 radical (unpaired) electrons. The average molecular weight is 268 g/mol. The summed E-state index contributed by atoms with van der Waals surface area (Å²) in [5, 5.41) is 0. The number of hydrogen-bond donors (Lipinski definition) is 0. The van der Waals surface area contributed by atoms with Gasteiger partial charge in [0.25, 0.3) is 0 Å². The van der Waals surface area contributed by atoms with Crippen LogP contribution in [0.1, 0.15) is 46.5 Å². The van der Waals surface area contributed by atoms with E-state index in [0.717, 1.165) is 12.8 Å². The van der Waals surface area contributed by atoms with Crippen molar-refractivity contribution in [1.82, 2.24) is 0 Å². The zero-order valence-electron chi connectivity index (χ0n) is 12.3. The number of carbonyl (C=O) groups excluding carboxylic acids is 3. The van der Waals surface area contributed by atoms with Gasteiger partial charge >= 0.3 is 5.97 Å². The summed E-state index contributed by atoms with van der Waals surface area (Å²) in [6.07, 6.45) is 2.86. The number of rotatable bonds is 5. The monoisotopic (exact) mass is 268 g/mol. The molecule has 108 valence electrons. The van der Waals surface area contributed by atoms with Gasteiger partial charge in [0.2, 0.25) is 0 Å². The maximum Gasteiger partial charge on any atom is 0.316 e. The van der Waals surface area contributed by atoms with Gasteiger partial charge in [0.1, 0.15) is 11.7 Å². The Morgan fingerprint density at radius 3 is 2.16 bits per heavy atom. The highest BCUT2D eigenvalue weighted by molar-refractivity contribution is 6.13. The molecule has 1 rings (SSSR count). The Kier molecular flexibility index (Phi) is 5.70. The van der Waals surface area contributed by atoms with Crippen molar-refractivity contribution in [1.29, 1.82) is 0 Å². The first-order valence-corrected chi connectivity index (χ1v) is 7.14. The molecule has 1 saturated carbocycles. The van der Waals surface area contributed by atoms with Crippen LogP contribution < -0.4 is 0 Å². The second-order valence-corrected chi connectivity index (χ2v) is 5.39. The van der Waals surface area contributed by atoms with Crippen LogP contribution in [0.5, 0.6) is 0 Å². The van der Waals surface area contributed by atoms with Crippen molar-refractivity contribution < 1.29 is 19.1 Å². The molecular formula is C15H24O4. The SMILES string of the molecule is CCCC1C(=O)C(C)C(CCC)C(C(=O)OC)C1=O. The van der Waals surface area contributed by atoms with Crippen LogP contribution in [-0.4, -0.2) is 24.6 Å². The summed E-state index contributed by atoms with van der Waals surface area (Å²) in [5.74, 6) is -2.51. The molecule has 0 bridgehead atoms. The number of hydrogen-bond acceptors (Lipinski definition) is 4. The van der Waals surface area contributed by atoms with E-state index in [-0.39, 0.29) is 23.4 Å². The normalized spacial score (nSPS) is 31.4. The van der Waals surface area contributed by atoms with Crippen LogP contribution in [0.15, 0.2) is 0 Å². The number of carbonyl (C=O) groups is 3.